The number of thiophene rings is 1. The van der Waals surface area contributed by atoms with Crippen molar-refractivity contribution in [3.63, 3.8) is 0 Å². The lowest BCUT2D eigenvalue weighted by molar-refractivity contribution is 0.0887. The third-order valence-electron chi connectivity index (χ3n) is 6.86. The normalized spacial score (nSPS) is 11.9. The summed E-state index contributed by atoms with van der Waals surface area (Å²) in [6.07, 6.45) is 6.06. The molecule has 210 valence electrons. The Morgan fingerprint density at radius 1 is 1.05 bits per heavy atom. The van der Waals surface area contributed by atoms with Crippen LogP contribution in [0.2, 0.25) is 0 Å². The predicted molar refractivity (Wildman–Crippen MR) is 161 cm³/mol. The number of fused-ring (bicyclic) bond motifs is 1. The highest BCUT2D eigenvalue weighted by Crippen LogP contribution is 2.31. The van der Waals surface area contributed by atoms with E-state index in [4.69, 9.17) is 14.1 Å². The van der Waals surface area contributed by atoms with Crippen LogP contribution in [0, 0.1) is 0 Å². The predicted octanol–water partition coefficient (Wildman–Crippen LogP) is 6.06. The van der Waals surface area contributed by atoms with Gasteiger partial charge in [-0.05, 0) is 48.5 Å². The molecule has 2 amide bonds. The molecule has 1 N–H and O–H groups in total. The van der Waals surface area contributed by atoms with Gasteiger partial charge in [-0.3, -0.25) is 19.9 Å². The molecule has 42 heavy (non-hydrogen) atoms. The second-order valence-electron chi connectivity index (χ2n) is 9.44. The van der Waals surface area contributed by atoms with E-state index < -0.39 is 0 Å². The first kappa shape index (κ1) is 27.1. The van der Waals surface area contributed by atoms with E-state index in [1.54, 1.807) is 55.8 Å². The van der Waals surface area contributed by atoms with Crippen LogP contribution in [0.25, 0.3) is 21.7 Å². The molecule has 2 aromatic carbocycles. The molecule has 11 heteroatoms. The summed E-state index contributed by atoms with van der Waals surface area (Å²) in [7, 11) is 3.36. The standard InChI is InChI=1S/C31H26N6O4S/c1-36(30(39)20-7-4-3-5-8-20)22-10-11-24-23(15-22)34-31(37(24)18-26(40-2)21-9-6-14-32-16-21)35-29(38)28-13-12-27(42-28)25-17-33-19-41-25/h3-17,19,26H,18H2,1-2H3,(H,34,35,38)/t26-/m0/s1. The van der Waals surface area contributed by atoms with Crippen LogP contribution in [-0.4, -0.2) is 45.5 Å². The van der Waals surface area contributed by atoms with Gasteiger partial charge < -0.3 is 18.6 Å². The molecule has 0 bridgehead atoms. The quantitative estimate of drug-likeness (QED) is 0.222. The molecular weight excluding hydrogens is 552 g/mol. The number of amides is 2. The molecule has 0 aliphatic rings. The number of carbonyl (C=O) groups is 2. The molecule has 0 fully saturated rings. The van der Waals surface area contributed by atoms with Gasteiger partial charge in [0.05, 0.1) is 33.5 Å². The van der Waals surface area contributed by atoms with Gasteiger partial charge in [0.15, 0.2) is 12.2 Å². The molecule has 0 aliphatic carbocycles. The minimum absolute atomic E-state index is 0.140. The van der Waals surface area contributed by atoms with E-state index in [1.807, 2.05) is 59.2 Å². The molecule has 0 spiro atoms. The Hall–Kier alpha value is -5.13. The minimum atomic E-state index is -0.353. The zero-order valence-electron chi connectivity index (χ0n) is 22.8. The Morgan fingerprint density at radius 2 is 1.90 bits per heavy atom. The summed E-state index contributed by atoms with van der Waals surface area (Å²) in [6, 6.07) is 22.0. The fraction of sp³-hybridized carbons (Fsp3) is 0.129. The molecule has 0 aliphatic heterocycles. The fourth-order valence-electron chi connectivity index (χ4n) is 4.64. The summed E-state index contributed by atoms with van der Waals surface area (Å²) in [5.74, 6) is 0.491. The first-order chi connectivity index (χ1) is 20.5. The average molecular weight is 579 g/mol. The number of hydrogen-bond acceptors (Lipinski definition) is 8. The summed E-state index contributed by atoms with van der Waals surface area (Å²) >= 11 is 1.29. The second kappa shape index (κ2) is 11.8. The number of benzene rings is 2. The summed E-state index contributed by atoms with van der Waals surface area (Å²) in [4.78, 5) is 42.3. The number of oxazole rings is 1. The number of ether oxygens (including phenoxy) is 1. The van der Waals surface area contributed by atoms with Crippen LogP contribution in [0.4, 0.5) is 11.6 Å². The van der Waals surface area contributed by atoms with Gasteiger partial charge in [0, 0.05) is 43.4 Å². The highest BCUT2D eigenvalue weighted by molar-refractivity contribution is 7.17. The van der Waals surface area contributed by atoms with Crippen molar-refractivity contribution in [2.45, 2.75) is 12.6 Å². The Labute approximate surface area is 245 Å². The van der Waals surface area contributed by atoms with Crippen molar-refractivity contribution in [3.05, 3.63) is 114 Å². The SMILES string of the molecule is CO[C@@H](Cn1c(NC(=O)c2ccc(-c3cnco3)s2)nc2cc(N(C)C(=O)c3ccccc3)ccc21)c1cccnc1. The van der Waals surface area contributed by atoms with Gasteiger partial charge in [-0.1, -0.05) is 24.3 Å². The Kier molecular flexibility index (Phi) is 7.58. The van der Waals surface area contributed by atoms with Crippen molar-refractivity contribution in [2.24, 2.45) is 0 Å². The maximum Gasteiger partial charge on any atom is 0.268 e. The van der Waals surface area contributed by atoms with Crippen LogP contribution in [0.1, 0.15) is 31.7 Å². The molecule has 10 nitrogen and oxygen atoms in total. The third kappa shape index (κ3) is 5.42. The van der Waals surface area contributed by atoms with E-state index in [-0.39, 0.29) is 17.9 Å². The lowest BCUT2D eigenvalue weighted by Crippen LogP contribution is -2.26. The summed E-state index contributed by atoms with van der Waals surface area (Å²) in [5.41, 5.74) is 3.53. The van der Waals surface area contributed by atoms with Crippen molar-refractivity contribution in [1.82, 2.24) is 19.5 Å². The Morgan fingerprint density at radius 3 is 2.64 bits per heavy atom. The Bertz CT molecular complexity index is 1830. The van der Waals surface area contributed by atoms with E-state index in [0.29, 0.717) is 39.9 Å². The molecule has 0 radical (unpaired) electrons. The number of nitrogens with one attached hydrogen (secondary N) is 1. The van der Waals surface area contributed by atoms with Gasteiger partial charge in [0.2, 0.25) is 5.95 Å². The van der Waals surface area contributed by atoms with Gasteiger partial charge in [0.25, 0.3) is 11.8 Å². The molecular formula is C31H26N6O4S. The van der Waals surface area contributed by atoms with E-state index >= 15 is 0 Å². The smallest absolute Gasteiger partial charge is 0.268 e. The van der Waals surface area contributed by atoms with Gasteiger partial charge in [-0.25, -0.2) is 9.97 Å². The fourth-order valence-corrected chi connectivity index (χ4v) is 5.49. The van der Waals surface area contributed by atoms with E-state index in [2.05, 4.69) is 15.3 Å². The number of hydrogen-bond donors (Lipinski definition) is 1. The van der Waals surface area contributed by atoms with E-state index in [1.165, 1.54) is 17.7 Å². The van der Waals surface area contributed by atoms with E-state index in [0.717, 1.165) is 16.0 Å². The highest BCUT2D eigenvalue weighted by atomic mass is 32.1. The van der Waals surface area contributed by atoms with Crippen LogP contribution in [0.3, 0.4) is 0 Å². The van der Waals surface area contributed by atoms with Crippen LogP contribution in [0.5, 0.6) is 0 Å². The lowest BCUT2D eigenvalue weighted by Gasteiger charge is -2.19. The van der Waals surface area contributed by atoms with Crippen molar-refractivity contribution in [2.75, 3.05) is 24.4 Å². The molecule has 0 saturated heterocycles. The van der Waals surface area contributed by atoms with Crippen molar-refractivity contribution >= 4 is 45.8 Å². The minimum Gasteiger partial charge on any atom is -0.443 e. The molecule has 0 saturated carbocycles. The summed E-state index contributed by atoms with van der Waals surface area (Å²) in [5, 5.41) is 2.98. The molecule has 0 unspecified atom stereocenters. The maximum atomic E-state index is 13.4. The van der Waals surface area contributed by atoms with Crippen LogP contribution < -0.4 is 10.2 Å². The number of nitrogens with zero attached hydrogens (tertiary/aromatic N) is 5. The molecule has 4 heterocycles. The third-order valence-corrected chi connectivity index (χ3v) is 7.96. The maximum absolute atomic E-state index is 13.4. The van der Waals surface area contributed by atoms with Crippen molar-refractivity contribution in [1.29, 1.82) is 0 Å². The highest BCUT2D eigenvalue weighted by Gasteiger charge is 2.22. The monoisotopic (exact) mass is 578 g/mol. The first-order valence-electron chi connectivity index (χ1n) is 13.1. The summed E-state index contributed by atoms with van der Waals surface area (Å²) < 4.78 is 13.1. The largest absolute Gasteiger partial charge is 0.443 e. The van der Waals surface area contributed by atoms with Gasteiger partial charge in [0.1, 0.15) is 6.10 Å². The van der Waals surface area contributed by atoms with Gasteiger partial charge in [-0.15, -0.1) is 11.3 Å². The zero-order chi connectivity index (χ0) is 29.1. The van der Waals surface area contributed by atoms with E-state index in [9.17, 15) is 9.59 Å². The number of rotatable bonds is 9. The van der Waals surface area contributed by atoms with Crippen LogP contribution >= 0.6 is 11.3 Å². The van der Waals surface area contributed by atoms with Gasteiger partial charge >= 0.3 is 0 Å². The Balaban J connectivity index is 1.35. The topological polar surface area (TPSA) is 115 Å². The summed E-state index contributed by atoms with van der Waals surface area (Å²) in [6.45, 7) is 0.361. The number of aromatic nitrogens is 4. The molecule has 4 aromatic heterocycles. The van der Waals surface area contributed by atoms with Crippen LogP contribution in [-0.2, 0) is 11.3 Å². The number of methoxy groups -OCH3 is 1. The zero-order valence-corrected chi connectivity index (χ0v) is 23.6. The second-order valence-corrected chi connectivity index (χ2v) is 10.5. The lowest BCUT2D eigenvalue weighted by atomic mass is 10.1. The molecule has 6 aromatic rings. The number of anilines is 2. The number of carbonyl (C=O) groups excluding carboxylic acids is 2. The van der Waals surface area contributed by atoms with Gasteiger partial charge in [-0.2, -0.15) is 0 Å². The average Bonchev–Trinajstić information content (AvgIpc) is 3.80. The molecule has 1 atom stereocenters. The van der Waals surface area contributed by atoms with Crippen molar-refractivity contribution in [3.8, 4) is 10.6 Å². The number of imidazole rings is 1. The first-order valence-corrected chi connectivity index (χ1v) is 13.9. The van der Waals surface area contributed by atoms with Crippen LogP contribution in [0.15, 0.2) is 102 Å². The number of pyridine rings is 1. The molecule has 6 rings (SSSR count). The van der Waals surface area contributed by atoms with Crippen molar-refractivity contribution < 1.29 is 18.7 Å².